The van der Waals surface area contributed by atoms with Crippen LogP contribution >= 0.6 is 0 Å². The number of nitrogens with zero attached hydrogens (tertiary/aromatic N) is 4. The number of carbonyl (C=O) groups is 1. The number of fused-ring (bicyclic) bond motifs is 1. The molecule has 1 N–H and O–H groups in total. The molecule has 132 valence electrons. The van der Waals surface area contributed by atoms with Crippen molar-refractivity contribution < 1.29 is 4.79 Å². The van der Waals surface area contributed by atoms with E-state index in [0.29, 0.717) is 30.2 Å². The minimum atomic E-state index is -0.0671. The SMILES string of the molecule is N#Cc1cccc(Nc2ncc(C(=O)N3CCc4ccccc4C3)cn2)c1. The molecule has 0 unspecified atom stereocenters. The van der Waals surface area contributed by atoms with Crippen LogP contribution < -0.4 is 5.32 Å². The summed E-state index contributed by atoms with van der Waals surface area (Å²) >= 11 is 0. The quantitative estimate of drug-likeness (QED) is 0.779. The Morgan fingerprint density at radius 1 is 1.07 bits per heavy atom. The van der Waals surface area contributed by atoms with Gasteiger partial charge in [0.05, 0.1) is 17.2 Å². The summed E-state index contributed by atoms with van der Waals surface area (Å²) in [5.41, 5.74) is 4.23. The molecule has 2 heterocycles. The number of anilines is 2. The summed E-state index contributed by atoms with van der Waals surface area (Å²) < 4.78 is 0. The average Bonchev–Trinajstić information content (AvgIpc) is 2.73. The molecule has 0 atom stereocenters. The molecule has 0 spiro atoms. The highest BCUT2D eigenvalue weighted by molar-refractivity contribution is 5.93. The summed E-state index contributed by atoms with van der Waals surface area (Å²) in [6.07, 6.45) is 3.93. The van der Waals surface area contributed by atoms with Crippen molar-refractivity contribution in [2.24, 2.45) is 0 Å². The molecule has 2 aromatic carbocycles. The first kappa shape index (κ1) is 16.7. The third-order valence-electron chi connectivity index (χ3n) is 4.56. The Bertz CT molecular complexity index is 1020. The van der Waals surface area contributed by atoms with E-state index >= 15 is 0 Å². The fraction of sp³-hybridized carbons (Fsp3) is 0.143. The van der Waals surface area contributed by atoms with E-state index in [1.807, 2.05) is 23.1 Å². The average molecular weight is 355 g/mol. The smallest absolute Gasteiger partial charge is 0.257 e. The molecular formula is C21H17N5O. The standard InChI is InChI=1S/C21H17N5O/c22-11-15-4-3-7-19(10-15)25-21-23-12-18(13-24-21)20(27)26-9-8-16-5-1-2-6-17(16)14-26/h1-7,10,12-13H,8-9,14H2,(H,23,24,25). The zero-order valence-electron chi connectivity index (χ0n) is 14.6. The number of carbonyl (C=O) groups excluding carboxylic acids is 1. The van der Waals surface area contributed by atoms with Crippen molar-refractivity contribution in [3.8, 4) is 6.07 Å². The maximum Gasteiger partial charge on any atom is 0.257 e. The van der Waals surface area contributed by atoms with Crippen molar-refractivity contribution >= 4 is 17.5 Å². The second-order valence-electron chi connectivity index (χ2n) is 6.36. The molecule has 1 amide bonds. The normalized spacial score (nSPS) is 12.8. The topological polar surface area (TPSA) is 81.9 Å². The lowest BCUT2D eigenvalue weighted by Gasteiger charge is -2.28. The van der Waals surface area contributed by atoms with Crippen molar-refractivity contribution in [2.45, 2.75) is 13.0 Å². The van der Waals surface area contributed by atoms with Gasteiger partial charge in [-0.1, -0.05) is 30.3 Å². The number of hydrogen-bond donors (Lipinski definition) is 1. The van der Waals surface area contributed by atoms with E-state index in [9.17, 15) is 4.79 Å². The molecule has 0 fully saturated rings. The second-order valence-corrected chi connectivity index (χ2v) is 6.36. The van der Waals surface area contributed by atoms with E-state index in [1.54, 1.807) is 18.2 Å². The van der Waals surface area contributed by atoms with E-state index < -0.39 is 0 Å². The molecule has 0 saturated carbocycles. The van der Waals surface area contributed by atoms with E-state index in [4.69, 9.17) is 5.26 Å². The lowest BCUT2D eigenvalue weighted by Crippen LogP contribution is -2.36. The predicted octanol–water partition coefficient (Wildman–Crippen LogP) is 3.29. The Morgan fingerprint density at radius 3 is 2.63 bits per heavy atom. The van der Waals surface area contributed by atoms with Gasteiger partial charge in [-0.25, -0.2) is 9.97 Å². The highest BCUT2D eigenvalue weighted by atomic mass is 16.2. The minimum Gasteiger partial charge on any atom is -0.334 e. The van der Waals surface area contributed by atoms with Crippen LogP contribution in [-0.2, 0) is 13.0 Å². The van der Waals surface area contributed by atoms with E-state index in [0.717, 1.165) is 12.1 Å². The van der Waals surface area contributed by atoms with Crippen LogP contribution in [0.25, 0.3) is 0 Å². The van der Waals surface area contributed by atoms with Crippen LogP contribution in [0.3, 0.4) is 0 Å². The fourth-order valence-corrected chi connectivity index (χ4v) is 3.15. The number of rotatable bonds is 3. The van der Waals surface area contributed by atoms with Crippen molar-refractivity contribution in [3.63, 3.8) is 0 Å². The Hall–Kier alpha value is -3.72. The largest absolute Gasteiger partial charge is 0.334 e. The van der Waals surface area contributed by atoms with Gasteiger partial charge in [-0.05, 0) is 35.7 Å². The Labute approximate surface area is 157 Å². The predicted molar refractivity (Wildman–Crippen MR) is 101 cm³/mol. The van der Waals surface area contributed by atoms with Gasteiger partial charge in [0.1, 0.15) is 0 Å². The van der Waals surface area contributed by atoms with Crippen LogP contribution in [0.1, 0.15) is 27.0 Å². The third kappa shape index (κ3) is 3.62. The van der Waals surface area contributed by atoms with Gasteiger partial charge < -0.3 is 10.2 Å². The maximum atomic E-state index is 12.8. The molecule has 4 rings (SSSR count). The number of hydrogen-bond acceptors (Lipinski definition) is 5. The van der Waals surface area contributed by atoms with Crippen LogP contribution in [0, 0.1) is 11.3 Å². The number of benzene rings is 2. The van der Waals surface area contributed by atoms with Crippen molar-refractivity contribution in [1.29, 1.82) is 5.26 Å². The van der Waals surface area contributed by atoms with Crippen LogP contribution in [0.5, 0.6) is 0 Å². The Kier molecular flexibility index (Phi) is 4.50. The number of amides is 1. The monoisotopic (exact) mass is 355 g/mol. The summed E-state index contributed by atoms with van der Waals surface area (Å²) in [4.78, 5) is 23.1. The lowest BCUT2D eigenvalue weighted by atomic mass is 9.99. The molecule has 0 aliphatic carbocycles. The molecule has 6 heteroatoms. The Balaban J connectivity index is 1.46. The number of aromatic nitrogens is 2. The van der Waals surface area contributed by atoms with E-state index in [-0.39, 0.29) is 5.91 Å². The van der Waals surface area contributed by atoms with Gasteiger partial charge in [-0.15, -0.1) is 0 Å². The summed E-state index contributed by atoms with van der Waals surface area (Å²) in [7, 11) is 0. The van der Waals surface area contributed by atoms with Gasteiger partial charge in [0.2, 0.25) is 5.95 Å². The van der Waals surface area contributed by atoms with E-state index in [1.165, 1.54) is 23.5 Å². The van der Waals surface area contributed by atoms with Crippen LogP contribution in [-0.4, -0.2) is 27.3 Å². The van der Waals surface area contributed by atoms with Gasteiger partial charge in [0.15, 0.2) is 0 Å². The minimum absolute atomic E-state index is 0.0671. The Morgan fingerprint density at radius 2 is 1.85 bits per heavy atom. The summed E-state index contributed by atoms with van der Waals surface area (Å²) in [5, 5.41) is 12.0. The molecule has 1 aromatic heterocycles. The van der Waals surface area contributed by atoms with Gasteiger partial charge >= 0.3 is 0 Å². The summed E-state index contributed by atoms with van der Waals surface area (Å²) in [5.74, 6) is 0.313. The number of nitriles is 1. The molecule has 0 radical (unpaired) electrons. The molecule has 0 saturated heterocycles. The molecule has 1 aliphatic heterocycles. The molecule has 1 aliphatic rings. The van der Waals surface area contributed by atoms with Crippen molar-refractivity contribution in [1.82, 2.24) is 14.9 Å². The fourth-order valence-electron chi connectivity index (χ4n) is 3.15. The lowest BCUT2D eigenvalue weighted by molar-refractivity contribution is 0.0734. The molecule has 6 nitrogen and oxygen atoms in total. The first-order chi connectivity index (χ1) is 13.2. The molecule has 3 aromatic rings. The van der Waals surface area contributed by atoms with Crippen LogP contribution in [0.4, 0.5) is 11.6 Å². The molecular weight excluding hydrogens is 338 g/mol. The highest BCUT2D eigenvalue weighted by Crippen LogP contribution is 2.20. The summed E-state index contributed by atoms with van der Waals surface area (Å²) in [6, 6.07) is 17.3. The van der Waals surface area contributed by atoms with Gasteiger partial charge in [-0.3, -0.25) is 4.79 Å². The first-order valence-electron chi connectivity index (χ1n) is 8.68. The van der Waals surface area contributed by atoms with Crippen molar-refractivity contribution in [2.75, 3.05) is 11.9 Å². The van der Waals surface area contributed by atoms with Crippen LogP contribution in [0.15, 0.2) is 60.9 Å². The second kappa shape index (κ2) is 7.26. The molecule has 27 heavy (non-hydrogen) atoms. The van der Waals surface area contributed by atoms with Crippen LogP contribution in [0.2, 0.25) is 0 Å². The maximum absolute atomic E-state index is 12.8. The first-order valence-corrected chi connectivity index (χ1v) is 8.68. The van der Waals surface area contributed by atoms with Gasteiger partial charge in [-0.2, -0.15) is 5.26 Å². The summed E-state index contributed by atoms with van der Waals surface area (Å²) in [6.45, 7) is 1.30. The highest BCUT2D eigenvalue weighted by Gasteiger charge is 2.22. The zero-order chi connectivity index (χ0) is 18.6. The van der Waals surface area contributed by atoms with Crippen molar-refractivity contribution in [3.05, 3.63) is 83.2 Å². The third-order valence-corrected chi connectivity index (χ3v) is 4.56. The van der Waals surface area contributed by atoms with Gasteiger partial charge in [0, 0.05) is 31.2 Å². The zero-order valence-corrected chi connectivity index (χ0v) is 14.6. The van der Waals surface area contributed by atoms with E-state index in [2.05, 4.69) is 33.5 Å². The number of nitrogens with one attached hydrogen (secondary N) is 1. The molecule has 0 bridgehead atoms. The van der Waals surface area contributed by atoms with Gasteiger partial charge in [0.25, 0.3) is 5.91 Å².